The van der Waals surface area contributed by atoms with Crippen LogP contribution in [0.4, 0.5) is 0 Å². The topological polar surface area (TPSA) is 84.5 Å². The molecule has 1 aromatic rings. The average molecular weight is 425 g/mol. The van der Waals surface area contributed by atoms with Crippen LogP contribution >= 0.6 is 15.9 Å². The maximum atomic E-state index is 12.0. The quantitative estimate of drug-likeness (QED) is 0.687. The first-order valence-corrected chi connectivity index (χ1v) is 9.65. The van der Waals surface area contributed by atoms with E-state index in [1.54, 1.807) is 24.3 Å². The van der Waals surface area contributed by atoms with Crippen LogP contribution in [0.15, 0.2) is 28.7 Å². The van der Waals surface area contributed by atoms with Crippen molar-refractivity contribution in [3.63, 3.8) is 0 Å². The van der Waals surface area contributed by atoms with Crippen LogP contribution in [-0.4, -0.2) is 37.0 Å². The molecule has 1 aliphatic rings. The predicted molar refractivity (Wildman–Crippen MR) is 102 cm³/mol. The van der Waals surface area contributed by atoms with Gasteiger partial charge in [-0.15, -0.1) is 0 Å². The molecular weight excluding hydrogens is 400 g/mol. The Labute approximate surface area is 162 Å². The molecule has 0 aromatic heterocycles. The smallest absolute Gasteiger partial charge is 0.325 e. The molecule has 2 amide bonds. The number of esters is 1. The Morgan fingerprint density at radius 2 is 1.85 bits per heavy atom. The fourth-order valence-electron chi connectivity index (χ4n) is 3.09. The van der Waals surface area contributed by atoms with Gasteiger partial charge in [-0.1, -0.05) is 42.6 Å². The molecule has 2 rings (SSSR count). The van der Waals surface area contributed by atoms with E-state index in [0.717, 1.165) is 17.3 Å². The van der Waals surface area contributed by atoms with Gasteiger partial charge in [0.25, 0.3) is 11.8 Å². The number of nitrogens with one attached hydrogen (secondary N) is 2. The van der Waals surface area contributed by atoms with Gasteiger partial charge in [0, 0.05) is 16.1 Å². The van der Waals surface area contributed by atoms with Gasteiger partial charge < -0.3 is 15.4 Å². The molecule has 3 atom stereocenters. The Hall–Kier alpha value is -1.89. The summed E-state index contributed by atoms with van der Waals surface area (Å²) in [6, 6.07) is 6.90. The van der Waals surface area contributed by atoms with Gasteiger partial charge in [-0.2, -0.15) is 0 Å². The molecular formula is C19H25BrN2O4. The second-order valence-corrected chi connectivity index (χ2v) is 7.71. The van der Waals surface area contributed by atoms with Gasteiger partial charge in [-0.25, -0.2) is 0 Å². The maximum absolute atomic E-state index is 12.0. The minimum absolute atomic E-state index is 0.127. The fourth-order valence-corrected chi connectivity index (χ4v) is 3.35. The van der Waals surface area contributed by atoms with Crippen molar-refractivity contribution in [3.05, 3.63) is 34.3 Å². The van der Waals surface area contributed by atoms with Crippen molar-refractivity contribution in [2.24, 2.45) is 11.8 Å². The van der Waals surface area contributed by atoms with Crippen LogP contribution in [0.25, 0.3) is 0 Å². The van der Waals surface area contributed by atoms with Crippen LogP contribution in [0.3, 0.4) is 0 Å². The van der Waals surface area contributed by atoms with Gasteiger partial charge in [-0.05, 0) is 42.5 Å². The number of hydrogen-bond acceptors (Lipinski definition) is 4. The Bertz CT molecular complexity index is 647. The van der Waals surface area contributed by atoms with Crippen LogP contribution in [0.2, 0.25) is 0 Å². The van der Waals surface area contributed by atoms with Gasteiger partial charge in [0.05, 0.1) is 0 Å². The highest BCUT2D eigenvalue weighted by atomic mass is 79.9. The number of ether oxygens (including phenoxy) is 1. The van der Waals surface area contributed by atoms with Crippen LogP contribution in [-0.2, 0) is 14.3 Å². The monoisotopic (exact) mass is 424 g/mol. The molecule has 0 saturated heterocycles. The van der Waals surface area contributed by atoms with E-state index in [-0.39, 0.29) is 31.0 Å². The SMILES string of the molecule is C[C@H]1[C@@H](NC(=O)COC(=O)CNC(=O)c2ccc(Br)cc2)CCC[C@@H]1C. The molecule has 1 aromatic carbocycles. The Morgan fingerprint density at radius 3 is 2.54 bits per heavy atom. The average Bonchev–Trinajstić information content (AvgIpc) is 2.62. The van der Waals surface area contributed by atoms with E-state index in [4.69, 9.17) is 4.74 Å². The van der Waals surface area contributed by atoms with E-state index in [0.29, 0.717) is 17.4 Å². The lowest BCUT2D eigenvalue weighted by Crippen LogP contribution is -2.45. The minimum atomic E-state index is -0.643. The summed E-state index contributed by atoms with van der Waals surface area (Å²) < 4.78 is 5.80. The summed E-state index contributed by atoms with van der Waals surface area (Å²) >= 11 is 3.29. The molecule has 1 saturated carbocycles. The lowest BCUT2D eigenvalue weighted by Gasteiger charge is -2.34. The highest BCUT2D eigenvalue weighted by Crippen LogP contribution is 2.29. The molecule has 0 aliphatic heterocycles. The van der Waals surface area contributed by atoms with Gasteiger partial charge in [0.2, 0.25) is 0 Å². The Morgan fingerprint density at radius 1 is 1.15 bits per heavy atom. The van der Waals surface area contributed by atoms with Crippen LogP contribution in [0.5, 0.6) is 0 Å². The second-order valence-electron chi connectivity index (χ2n) is 6.79. The van der Waals surface area contributed by atoms with Crippen LogP contribution < -0.4 is 10.6 Å². The lowest BCUT2D eigenvalue weighted by molar-refractivity contribution is -0.147. The fraction of sp³-hybridized carbons (Fsp3) is 0.526. The van der Waals surface area contributed by atoms with E-state index in [1.807, 2.05) is 0 Å². The maximum Gasteiger partial charge on any atom is 0.325 e. The molecule has 26 heavy (non-hydrogen) atoms. The normalized spacial score (nSPS) is 22.3. The molecule has 1 fully saturated rings. The van der Waals surface area contributed by atoms with Crippen molar-refractivity contribution in [1.82, 2.24) is 10.6 Å². The number of amides is 2. The Kier molecular flexibility index (Phi) is 7.63. The second kappa shape index (κ2) is 9.71. The van der Waals surface area contributed by atoms with E-state index in [1.165, 1.54) is 6.42 Å². The third kappa shape index (κ3) is 6.12. The van der Waals surface area contributed by atoms with Crippen molar-refractivity contribution in [2.45, 2.75) is 39.2 Å². The number of rotatable bonds is 6. The van der Waals surface area contributed by atoms with Crippen LogP contribution in [0, 0.1) is 11.8 Å². The molecule has 1 aliphatic carbocycles. The first kappa shape index (κ1) is 20.4. The summed E-state index contributed by atoms with van der Waals surface area (Å²) in [5, 5.41) is 5.42. The molecule has 0 spiro atoms. The third-order valence-corrected chi connectivity index (χ3v) is 5.45. The summed E-state index contributed by atoms with van der Waals surface area (Å²) in [7, 11) is 0. The van der Waals surface area contributed by atoms with Gasteiger partial charge >= 0.3 is 5.97 Å². The van der Waals surface area contributed by atoms with E-state index in [2.05, 4.69) is 40.4 Å². The first-order valence-electron chi connectivity index (χ1n) is 8.85. The van der Waals surface area contributed by atoms with E-state index in [9.17, 15) is 14.4 Å². The van der Waals surface area contributed by atoms with Gasteiger partial charge in [-0.3, -0.25) is 14.4 Å². The standard InChI is InChI=1S/C19H25BrN2O4/c1-12-4-3-5-16(13(12)2)22-17(23)11-26-18(24)10-21-19(25)14-6-8-15(20)9-7-14/h6-9,12-13,16H,3-5,10-11H2,1-2H3,(H,21,25)(H,22,23)/t12-,13+,16-/m0/s1. The molecule has 142 valence electrons. The summed E-state index contributed by atoms with van der Waals surface area (Å²) in [6.45, 7) is 3.72. The highest BCUT2D eigenvalue weighted by molar-refractivity contribution is 9.10. The van der Waals surface area contributed by atoms with Crippen molar-refractivity contribution < 1.29 is 19.1 Å². The minimum Gasteiger partial charge on any atom is -0.454 e. The third-order valence-electron chi connectivity index (χ3n) is 4.92. The van der Waals surface area contributed by atoms with Crippen molar-refractivity contribution in [2.75, 3.05) is 13.2 Å². The van der Waals surface area contributed by atoms with Crippen molar-refractivity contribution in [1.29, 1.82) is 0 Å². The zero-order valence-corrected chi connectivity index (χ0v) is 16.7. The summed E-state index contributed by atoms with van der Waals surface area (Å²) in [4.78, 5) is 35.6. The molecule has 0 radical (unpaired) electrons. The zero-order valence-electron chi connectivity index (χ0n) is 15.1. The van der Waals surface area contributed by atoms with Gasteiger partial charge in [0.15, 0.2) is 6.61 Å². The van der Waals surface area contributed by atoms with E-state index < -0.39 is 5.97 Å². The molecule has 7 heteroatoms. The summed E-state index contributed by atoms with van der Waals surface area (Å²) in [5.41, 5.74) is 0.444. The van der Waals surface area contributed by atoms with E-state index >= 15 is 0 Å². The highest BCUT2D eigenvalue weighted by Gasteiger charge is 2.28. The molecule has 0 unspecified atom stereocenters. The number of carbonyl (C=O) groups is 3. The number of carbonyl (C=O) groups excluding carboxylic acids is 3. The Balaban J connectivity index is 1.68. The lowest BCUT2D eigenvalue weighted by atomic mass is 9.78. The first-order chi connectivity index (χ1) is 12.4. The zero-order chi connectivity index (χ0) is 19.1. The van der Waals surface area contributed by atoms with Crippen LogP contribution in [0.1, 0.15) is 43.5 Å². The van der Waals surface area contributed by atoms with Gasteiger partial charge in [0.1, 0.15) is 6.54 Å². The predicted octanol–water partition coefficient (Wildman–Crippen LogP) is 2.66. The van der Waals surface area contributed by atoms with Crippen molar-refractivity contribution >= 4 is 33.7 Å². The number of halogens is 1. The summed E-state index contributed by atoms with van der Waals surface area (Å²) in [5.74, 6) is -0.331. The van der Waals surface area contributed by atoms with Crippen molar-refractivity contribution in [3.8, 4) is 0 Å². The largest absolute Gasteiger partial charge is 0.454 e. The summed E-state index contributed by atoms with van der Waals surface area (Å²) in [6.07, 6.45) is 3.23. The molecule has 0 heterocycles. The molecule has 2 N–H and O–H groups in total. The number of benzene rings is 1. The molecule has 0 bridgehead atoms. The molecule has 6 nitrogen and oxygen atoms in total. The number of hydrogen-bond donors (Lipinski definition) is 2.